The molecule has 1 atom stereocenters. The first-order valence-corrected chi connectivity index (χ1v) is 11.5. The second-order valence-electron chi connectivity index (χ2n) is 6.99. The minimum atomic E-state index is -3.61. The number of benzene rings is 2. The molecule has 1 heterocycles. The van der Waals surface area contributed by atoms with E-state index >= 15 is 0 Å². The number of para-hydroxylation sites is 1. The van der Waals surface area contributed by atoms with Gasteiger partial charge in [-0.3, -0.25) is 4.79 Å². The van der Waals surface area contributed by atoms with Crippen molar-refractivity contribution in [3.05, 3.63) is 60.2 Å². The Hall–Kier alpha value is -1.89. The van der Waals surface area contributed by atoms with E-state index < -0.39 is 10.0 Å². The van der Waals surface area contributed by atoms with Gasteiger partial charge in [-0.25, -0.2) is 8.42 Å². The standard InChI is InChI=1S/C21H25ClN2O3S/c22-14-4-6-17-10-12-20(13-11-17)28(26,27)24-15-5-7-18(16-24)21(25)23-19-8-2-1-3-9-19/h1-3,8-13,18H,4-7,14-16H2,(H,23,25). The number of halogens is 1. The summed E-state index contributed by atoms with van der Waals surface area (Å²) in [4.78, 5) is 12.8. The van der Waals surface area contributed by atoms with Crippen LogP contribution in [0, 0.1) is 5.92 Å². The van der Waals surface area contributed by atoms with E-state index in [0.717, 1.165) is 24.1 Å². The molecule has 1 fully saturated rings. The van der Waals surface area contributed by atoms with Gasteiger partial charge in [0.25, 0.3) is 0 Å². The van der Waals surface area contributed by atoms with Gasteiger partial charge >= 0.3 is 0 Å². The molecule has 0 saturated carbocycles. The maximum absolute atomic E-state index is 13.0. The number of carbonyl (C=O) groups excluding carboxylic acids is 1. The van der Waals surface area contributed by atoms with Crippen LogP contribution in [0.3, 0.4) is 0 Å². The minimum Gasteiger partial charge on any atom is -0.326 e. The Morgan fingerprint density at radius 3 is 2.50 bits per heavy atom. The lowest BCUT2D eigenvalue weighted by molar-refractivity contribution is -0.120. The van der Waals surface area contributed by atoms with Crippen LogP contribution in [0.15, 0.2) is 59.5 Å². The van der Waals surface area contributed by atoms with Gasteiger partial charge in [0.05, 0.1) is 10.8 Å². The summed E-state index contributed by atoms with van der Waals surface area (Å²) >= 11 is 5.71. The molecular formula is C21H25ClN2O3S. The van der Waals surface area contributed by atoms with Gasteiger partial charge < -0.3 is 5.32 Å². The van der Waals surface area contributed by atoms with Crippen LogP contribution in [0.1, 0.15) is 24.8 Å². The molecular weight excluding hydrogens is 396 g/mol. The molecule has 0 radical (unpaired) electrons. The predicted molar refractivity (Wildman–Crippen MR) is 112 cm³/mol. The van der Waals surface area contributed by atoms with Gasteiger partial charge in [-0.15, -0.1) is 11.6 Å². The third kappa shape index (κ3) is 5.13. The lowest BCUT2D eigenvalue weighted by atomic mass is 9.99. The highest BCUT2D eigenvalue weighted by Crippen LogP contribution is 2.25. The Kier molecular flexibility index (Phi) is 7.10. The number of alkyl halides is 1. The average molecular weight is 421 g/mol. The molecule has 5 nitrogen and oxygen atoms in total. The fourth-order valence-corrected chi connectivity index (χ4v) is 5.05. The zero-order chi connectivity index (χ0) is 20.0. The number of aryl methyl sites for hydroxylation is 1. The largest absolute Gasteiger partial charge is 0.326 e. The third-order valence-corrected chi connectivity index (χ3v) is 7.10. The van der Waals surface area contributed by atoms with Crippen molar-refractivity contribution < 1.29 is 13.2 Å². The van der Waals surface area contributed by atoms with Gasteiger partial charge in [-0.2, -0.15) is 4.31 Å². The molecule has 1 aliphatic heterocycles. The summed E-state index contributed by atoms with van der Waals surface area (Å²) in [5, 5.41) is 2.88. The first-order valence-electron chi connectivity index (χ1n) is 9.51. The number of hydrogen-bond donors (Lipinski definition) is 1. The Labute approximate surface area is 171 Å². The number of anilines is 1. The van der Waals surface area contributed by atoms with E-state index in [4.69, 9.17) is 11.6 Å². The number of sulfonamides is 1. The summed E-state index contributed by atoms with van der Waals surface area (Å²) in [7, 11) is -3.61. The van der Waals surface area contributed by atoms with E-state index in [2.05, 4.69) is 5.32 Å². The van der Waals surface area contributed by atoms with E-state index in [9.17, 15) is 13.2 Å². The van der Waals surface area contributed by atoms with E-state index in [1.807, 2.05) is 42.5 Å². The highest BCUT2D eigenvalue weighted by atomic mass is 35.5. The molecule has 2 aromatic rings. The smallest absolute Gasteiger partial charge is 0.243 e. The van der Waals surface area contributed by atoms with Crippen LogP contribution >= 0.6 is 11.6 Å². The van der Waals surface area contributed by atoms with E-state index in [0.29, 0.717) is 25.3 Å². The molecule has 0 aliphatic carbocycles. The molecule has 2 aromatic carbocycles. The molecule has 1 amide bonds. The van der Waals surface area contributed by atoms with E-state index in [-0.39, 0.29) is 23.3 Å². The highest BCUT2D eigenvalue weighted by molar-refractivity contribution is 7.89. The quantitative estimate of drug-likeness (QED) is 0.691. The van der Waals surface area contributed by atoms with Crippen LogP contribution in [-0.4, -0.2) is 37.6 Å². The first kappa shape index (κ1) is 20.8. The second kappa shape index (κ2) is 9.54. The van der Waals surface area contributed by atoms with Gasteiger partial charge in [0.1, 0.15) is 0 Å². The summed E-state index contributed by atoms with van der Waals surface area (Å²) in [5.74, 6) is 0.0922. The van der Waals surface area contributed by atoms with Crippen molar-refractivity contribution in [1.82, 2.24) is 4.31 Å². The zero-order valence-corrected chi connectivity index (χ0v) is 17.3. The minimum absolute atomic E-state index is 0.137. The van der Waals surface area contributed by atoms with Crippen LogP contribution in [0.5, 0.6) is 0 Å². The summed E-state index contributed by atoms with van der Waals surface area (Å²) < 4.78 is 27.5. The first-order chi connectivity index (χ1) is 13.5. The molecule has 7 heteroatoms. The number of amides is 1. The van der Waals surface area contributed by atoms with Crippen molar-refractivity contribution >= 4 is 33.2 Å². The van der Waals surface area contributed by atoms with Gasteiger partial charge in [0, 0.05) is 24.7 Å². The Morgan fingerprint density at radius 1 is 1.11 bits per heavy atom. The van der Waals surface area contributed by atoms with Crippen LogP contribution < -0.4 is 5.32 Å². The second-order valence-corrected chi connectivity index (χ2v) is 9.31. The number of rotatable bonds is 7. The van der Waals surface area contributed by atoms with Crippen molar-refractivity contribution in [2.24, 2.45) is 5.92 Å². The third-order valence-electron chi connectivity index (χ3n) is 4.96. The van der Waals surface area contributed by atoms with E-state index in [1.165, 1.54) is 4.31 Å². The number of nitrogens with zero attached hydrogens (tertiary/aromatic N) is 1. The van der Waals surface area contributed by atoms with Gasteiger partial charge in [-0.05, 0) is 55.5 Å². The topological polar surface area (TPSA) is 66.5 Å². The SMILES string of the molecule is O=C(Nc1ccccc1)C1CCCN(S(=O)(=O)c2ccc(CCCCl)cc2)C1. The number of piperidine rings is 1. The number of nitrogens with one attached hydrogen (secondary N) is 1. The van der Waals surface area contributed by atoms with Crippen molar-refractivity contribution in [3.8, 4) is 0 Å². The average Bonchev–Trinajstić information content (AvgIpc) is 2.73. The molecule has 1 aliphatic rings. The zero-order valence-electron chi connectivity index (χ0n) is 15.7. The number of carbonyl (C=O) groups is 1. The van der Waals surface area contributed by atoms with Crippen LogP contribution in [0.2, 0.25) is 0 Å². The molecule has 1 saturated heterocycles. The molecule has 3 rings (SSSR count). The normalized spacial score (nSPS) is 18.0. The summed E-state index contributed by atoms with van der Waals surface area (Å²) in [6.45, 7) is 0.639. The maximum Gasteiger partial charge on any atom is 0.243 e. The molecule has 1 N–H and O–H groups in total. The summed E-state index contributed by atoms with van der Waals surface area (Å²) in [5.41, 5.74) is 1.79. The van der Waals surface area contributed by atoms with Gasteiger partial charge in [0.15, 0.2) is 0 Å². The highest BCUT2D eigenvalue weighted by Gasteiger charge is 2.33. The lowest BCUT2D eigenvalue weighted by Crippen LogP contribution is -2.43. The van der Waals surface area contributed by atoms with Gasteiger partial charge in [0.2, 0.25) is 15.9 Å². The Balaban J connectivity index is 1.67. The van der Waals surface area contributed by atoms with Crippen LogP contribution in [0.4, 0.5) is 5.69 Å². The Morgan fingerprint density at radius 2 is 1.82 bits per heavy atom. The van der Waals surface area contributed by atoms with E-state index in [1.54, 1.807) is 12.1 Å². The fourth-order valence-electron chi connectivity index (χ4n) is 3.39. The predicted octanol–water partition coefficient (Wildman–Crippen LogP) is 3.90. The van der Waals surface area contributed by atoms with Crippen molar-refractivity contribution in [2.75, 3.05) is 24.3 Å². The van der Waals surface area contributed by atoms with Gasteiger partial charge in [-0.1, -0.05) is 30.3 Å². The monoisotopic (exact) mass is 420 g/mol. The van der Waals surface area contributed by atoms with Crippen LogP contribution in [0.25, 0.3) is 0 Å². The van der Waals surface area contributed by atoms with Crippen molar-refractivity contribution in [2.45, 2.75) is 30.6 Å². The Bertz CT molecular complexity index is 886. The number of hydrogen-bond acceptors (Lipinski definition) is 3. The summed E-state index contributed by atoms with van der Waals surface area (Å²) in [6, 6.07) is 16.2. The molecule has 0 bridgehead atoms. The van der Waals surface area contributed by atoms with Crippen molar-refractivity contribution in [3.63, 3.8) is 0 Å². The maximum atomic E-state index is 13.0. The lowest BCUT2D eigenvalue weighted by Gasteiger charge is -2.31. The molecule has 28 heavy (non-hydrogen) atoms. The summed E-state index contributed by atoms with van der Waals surface area (Å²) in [6.07, 6.45) is 3.04. The van der Waals surface area contributed by atoms with Crippen LogP contribution in [-0.2, 0) is 21.2 Å². The van der Waals surface area contributed by atoms with Crippen molar-refractivity contribution in [1.29, 1.82) is 0 Å². The molecule has 1 unspecified atom stereocenters. The molecule has 0 spiro atoms. The fraction of sp³-hybridized carbons (Fsp3) is 0.381. The molecule has 0 aromatic heterocycles. The molecule has 150 valence electrons.